The van der Waals surface area contributed by atoms with Crippen LogP contribution in [0.3, 0.4) is 0 Å². The minimum Gasteiger partial charge on any atom is -0.469 e. The Balaban J connectivity index is 1.53. The molecule has 0 aromatic heterocycles. The van der Waals surface area contributed by atoms with E-state index < -0.39 is 28.7 Å². The molecule has 2 N–H and O–H groups in total. The van der Waals surface area contributed by atoms with Gasteiger partial charge in [-0.25, -0.2) is 4.79 Å². The Hall–Kier alpha value is -2.25. The minimum absolute atomic E-state index is 0.240. The number of para-hydroxylation sites is 1. The Kier molecular flexibility index (Phi) is 4.35. The number of methoxy groups -OCH3 is 1. The summed E-state index contributed by atoms with van der Waals surface area (Å²) in [5, 5.41) is 5.29. The van der Waals surface area contributed by atoms with Crippen LogP contribution in [0.25, 0.3) is 0 Å². The van der Waals surface area contributed by atoms with Crippen LogP contribution in [0.15, 0.2) is 24.3 Å². The van der Waals surface area contributed by atoms with Crippen LogP contribution < -0.4 is 10.6 Å². The van der Waals surface area contributed by atoms with Crippen molar-refractivity contribution in [3.05, 3.63) is 29.8 Å². The Labute approximate surface area is 161 Å². The number of nitrogens with one attached hydrogen (secondary N) is 2. The lowest BCUT2D eigenvalue weighted by Gasteiger charge is -2.60. The van der Waals surface area contributed by atoms with Gasteiger partial charge in [-0.05, 0) is 62.5 Å². The molecule has 0 unspecified atom stereocenters. The molecule has 0 spiro atoms. The number of carbonyl (C=O) groups is 2. The molecule has 4 fully saturated rings. The van der Waals surface area contributed by atoms with E-state index in [-0.39, 0.29) is 11.7 Å². The second-order valence-electron chi connectivity index (χ2n) is 8.64. The maximum Gasteiger partial charge on any atom is 0.418 e. The van der Waals surface area contributed by atoms with E-state index in [2.05, 4.69) is 10.6 Å². The summed E-state index contributed by atoms with van der Waals surface area (Å²) in [7, 11) is 1.38. The molecule has 4 aliphatic rings. The van der Waals surface area contributed by atoms with E-state index in [0.717, 1.165) is 38.2 Å². The number of benzene rings is 1. The molecular weight excluding hydrogens is 373 g/mol. The number of urea groups is 1. The summed E-state index contributed by atoms with van der Waals surface area (Å²) in [6.45, 7) is 0. The van der Waals surface area contributed by atoms with Crippen LogP contribution in [0.2, 0.25) is 0 Å². The highest BCUT2D eigenvalue weighted by atomic mass is 19.4. The summed E-state index contributed by atoms with van der Waals surface area (Å²) in [4.78, 5) is 25.1. The fraction of sp³-hybridized carbons (Fsp3) is 0.600. The van der Waals surface area contributed by atoms with E-state index in [1.807, 2.05) is 0 Å². The molecule has 5 nitrogen and oxygen atoms in total. The van der Waals surface area contributed by atoms with Gasteiger partial charge in [-0.15, -0.1) is 0 Å². The zero-order valence-electron chi connectivity index (χ0n) is 15.6. The van der Waals surface area contributed by atoms with Gasteiger partial charge in [0.15, 0.2) is 0 Å². The molecule has 0 radical (unpaired) electrons. The number of rotatable bonds is 3. The van der Waals surface area contributed by atoms with Crippen LogP contribution in [-0.4, -0.2) is 24.6 Å². The average Bonchev–Trinajstić information content (AvgIpc) is 2.58. The summed E-state index contributed by atoms with van der Waals surface area (Å²) in [5.41, 5.74) is -2.33. The number of alkyl halides is 3. The quantitative estimate of drug-likeness (QED) is 0.747. The highest BCUT2D eigenvalue weighted by Crippen LogP contribution is 2.62. The van der Waals surface area contributed by atoms with Gasteiger partial charge in [0.2, 0.25) is 0 Å². The Bertz CT molecular complexity index is 794. The standard InChI is InChI=1S/C20H23F3N2O3/c1-28-16(26)18-7-12-6-13(8-18)10-19(9-12,11-18)25-17(27)24-15-5-3-2-4-14(15)20(21,22)23/h2-5,12-13H,6-11H2,1H3,(H2,24,25,27)/t12-,13-,18?,19?/m0/s1. The van der Waals surface area contributed by atoms with Gasteiger partial charge >= 0.3 is 18.2 Å². The molecule has 152 valence electrons. The first-order chi connectivity index (χ1) is 13.1. The number of carbonyl (C=O) groups excluding carboxylic acids is 2. The predicted octanol–water partition coefficient (Wildman–Crippen LogP) is 4.34. The number of ether oxygens (including phenoxy) is 1. The molecule has 1 aromatic carbocycles. The zero-order valence-corrected chi connectivity index (χ0v) is 15.6. The lowest BCUT2D eigenvalue weighted by molar-refractivity contribution is -0.171. The number of hydrogen-bond acceptors (Lipinski definition) is 3. The minimum atomic E-state index is -4.56. The molecule has 0 aliphatic heterocycles. The smallest absolute Gasteiger partial charge is 0.418 e. The Morgan fingerprint density at radius 2 is 1.75 bits per heavy atom. The van der Waals surface area contributed by atoms with Crippen molar-refractivity contribution in [1.29, 1.82) is 0 Å². The first kappa shape index (κ1) is 19.1. The maximum absolute atomic E-state index is 13.2. The van der Waals surface area contributed by atoms with E-state index in [4.69, 9.17) is 4.74 Å². The van der Waals surface area contributed by atoms with Gasteiger partial charge in [-0.1, -0.05) is 12.1 Å². The van der Waals surface area contributed by atoms with Gasteiger partial charge in [0.05, 0.1) is 23.8 Å². The third-order valence-electron chi connectivity index (χ3n) is 6.54. The van der Waals surface area contributed by atoms with Crippen LogP contribution in [0.4, 0.5) is 23.7 Å². The third kappa shape index (κ3) is 3.22. The molecule has 5 rings (SSSR count). The molecule has 28 heavy (non-hydrogen) atoms. The summed E-state index contributed by atoms with van der Waals surface area (Å²) < 4.78 is 44.6. The molecular formula is C20H23F3N2O3. The molecule has 1 aromatic rings. The SMILES string of the molecule is COC(=O)C12C[C@@H]3C[C@H](CC(NC(=O)Nc4ccccc4C(F)(F)F)(C3)C1)C2. The second-order valence-corrected chi connectivity index (χ2v) is 8.64. The molecule has 4 bridgehead atoms. The normalized spacial score (nSPS) is 33.4. The van der Waals surface area contributed by atoms with Gasteiger partial charge < -0.3 is 15.4 Å². The summed E-state index contributed by atoms with van der Waals surface area (Å²) >= 11 is 0. The largest absolute Gasteiger partial charge is 0.469 e. The van der Waals surface area contributed by atoms with Crippen molar-refractivity contribution in [2.75, 3.05) is 12.4 Å². The molecule has 0 heterocycles. The van der Waals surface area contributed by atoms with E-state index >= 15 is 0 Å². The van der Waals surface area contributed by atoms with Crippen molar-refractivity contribution >= 4 is 17.7 Å². The van der Waals surface area contributed by atoms with Crippen LogP contribution in [-0.2, 0) is 15.7 Å². The average molecular weight is 396 g/mol. The van der Waals surface area contributed by atoms with Crippen LogP contribution >= 0.6 is 0 Å². The summed E-state index contributed by atoms with van der Waals surface area (Å²) in [5.74, 6) is 0.404. The fourth-order valence-electron chi connectivity index (χ4n) is 6.10. The predicted molar refractivity (Wildman–Crippen MR) is 95.5 cm³/mol. The number of hydrogen-bond donors (Lipinski definition) is 2. The first-order valence-corrected chi connectivity index (χ1v) is 9.49. The Morgan fingerprint density at radius 1 is 1.11 bits per heavy atom. The third-order valence-corrected chi connectivity index (χ3v) is 6.54. The van der Waals surface area contributed by atoms with Gasteiger partial charge in [-0.2, -0.15) is 13.2 Å². The molecule has 8 heteroatoms. The highest BCUT2D eigenvalue weighted by molar-refractivity contribution is 5.91. The van der Waals surface area contributed by atoms with Crippen LogP contribution in [0, 0.1) is 17.3 Å². The lowest BCUT2D eigenvalue weighted by Crippen LogP contribution is -2.65. The Morgan fingerprint density at radius 3 is 2.36 bits per heavy atom. The van der Waals surface area contributed by atoms with Gasteiger partial charge in [0, 0.05) is 5.54 Å². The fourth-order valence-corrected chi connectivity index (χ4v) is 6.10. The van der Waals surface area contributed by atoms with Gasteiger partial charge in [0.25, 0.3) is 0 Å². The van der Waals surface area contributed by atoms with Crippen molar-refractivity contribution in [2.45, 2.75) is 50.2 Å². The van der Waals surface area contributed by atoms with Crippen molar-refractivity contribution in [1.82, 2.24) is 5.32 Å². The highest BCUT2D eigenvalue weighted by Gasteiger charge is 2.61. The number of anilines is 1. The first-order valence-electron chi connectivity index (χ1n) is 9.49. The van der Waals surface area contributed by atoms with Gasteiger partial charge in [-0.3, -0.25) is 4.79 Å². The number of esters is 1. The van der Waals surface area contributed by atoms with Gasteiger partial charge in [0.1, 0.15) is 0 Å². The van der Waals surface area contributed by atoms with Crippen molar-refractivity contribution in [3.8, 4) is 0 Å². The molecule has 2 amide bonds. The molecule has 2 atom stereocenters. The van der Waals surface area contributed by atoms with E-state index in [9.17, 15) is 22.8 Å². The van der Waals surface area contributed by atoms with E-state index in [0.29, 0.717) is 18.3 Å². The molecule has 4 saturated carbocycles. The monoisotopic (exact) mass is 396 g/mol. The van der Waals surface area contributed by atoms with Crippen LogP contribution in [0.5, 0.6) is 0 Å². The molecule has 0 saturated heterocycles. The maximum atomic E-state index is 13.2. The number of amides is 2. The van der Waals surface area contributed by atoms with Crippen LogP contribution in [0.1, 0.15) is 44.1 Å². The molecule has 4 aliphatic carbocycles. The summed E-state index contributed by atoms with van der Waals surface area (Å²) in [6.07, 6.45) is -0.0301. The number of halogens is 3. The second kappa shape index (κ2) is 6.39. The topological polar surface area (TPSA) is 67.4 Å². The lowest BCUT2D eigenvalue weighted by atomic mass is 9.47. The van der Waals surface area contributed by atoms with E-state index in [1.165, 1.54) is 25.3 Å². The zero-order chi connectivity index (χ0) is 20.2. The van der Waals surface area contributed by atoms with Crippen molar-refractivity contribution in [2.24, 2.45) is 17.3 Å². The van der Waals surface area contributed by atoms with Crippen molar-refractivity contribution in [3.63, 3.8) is 0 Å². The van der Waals surface area contributed by atoms with Crippen molar-refractivity contribution < 1.29 is 27.5 Å². The summed E-state index contributed by atoms with van der Waals surface area (Å²) in [6, 6.07) is 4.23. The van der Waals surface area contributed by atoms with E-state index in [1.54, 1.807) is 0 Å².